The number of anilines is 1. The zero-order valence-electron chi connectivity index (χ0n) is 15.7. The van der Waals surface area contributed by atoms with Crippen LogP contribution in [0, 0.1) is 17.0 Å². The molecule has 0 fully saturated rings. The van der Waals surface area contributed by atoms with Gasteiger partial charge < -0.3 is 15.0 Å². The summed E-state index contributed by atoms with van der Waals surface area (Å²) in [4.78, 5) is 41.2. The molecule has 0 aliphatic heterocycles. The average Bonchev–Trinajstić information content (AvgIpc) is 3.16. The van der Waals surface area contributed by atoms with Crippen molar-refractivity contribution in [3.05, 3.63) is 51.0 Å². The van der Waals surface area contributed by atoms with Gasteiger partial charge in [0.1, 0.15) is 6.54 Å². The minimum Gasteiger partial charge on any atom is -0.382 e. The Kier molecular flexibility index (Phi) is 8.02. The van der Waals surface area contributed by atoms with Gasteiger partial charge in [0.25, 0.3) is 11.6 Å². The number of hydrogen-bond acceptors (Lipinski definition) is 7. The number of aromatic nitrogens is 1. The Bertz CT molecular complexity index is 825. The minimum atomic E-state index is -0.527. The first-order chi connectivity index (χ1) is 13.4. The van der Waals surface area contributed by atoms with Gasteiger partial charge in [-0.05, 0) is 26.3 Å². The quantitative estimate of drug-likeness (QED) is 0.369. The van der Waals surface area contributed by atoms with Crippen LogP contribution in [0.3, 0.4) is 0 Å². The first kappa shape index (κ1) is 21.5. The average molecular weight is 406 g/mol. The number of aryl methyl sites for hydroxylation is 1. The van der Waals surface area contributed by atoms with Crippen LogP contribution < -0.4 is 5.32 Å². The van der Waals surface area contributed by atoms with Crippen molar-refractivity contribution < 1.29 is 19.2 Å². The van der Waals surface area contributed by atoms with Crippen LogP contribution in [0.2, 0.25) is 0 Å². The van der Waals surface area contributed by atoms with E-state index in [4.69, 9.17) is 4.74 Å². The molecule has 28 heavy (non-hydrogen) atoms. The SMILES string of the molecule is CCOCCCN(CC(=O)Nc1nccs1)C(=O)c1ccc(C)c([N+](=O)[O-])c1. The highest BCUT2D eigenvalue weighted by Crippen LogP contribution is 2.20. The largest absolute Gasteiger partial charge is 0.382 e. The van der Waals surface area contributed by atoms with Crippen LogP contribution in [-0.4, -0.2) is 52.9 Å². The van der Waals surface area contributed by atoms with E-state index in [9.17, 15) is 19.7 Å². The molecule has 1 N–H and O–H groups in total. The molecule has 0 saturated carbocycles. The summed E-state index contributed by atoms with van der Waals surface area (Å²) < 4.78 is 5.29. The Morgan fingerprint density at radius 3 is 2.82 bits per heavy atom. The molecule has 0 unspecified atom stereocenters. The number of ether oxygens (including phenoxy) is 1. The Morgan fingerprint density at radius 1 is 1.39 bits per heavy atom. The summed E-state index contributed by atoms with van der Waals surface area (Å²) in [5.74, 6) is -0.838. The van der Waals surface area contributed by atoms with E-state index in [1.807, 2.05) is 6.92 Å². The van der Waals surface area contributed by atoms with Crippen molar-refractivity contribution in [1.82, 2.24) is 9.88 Å². The molecule has 0 spiro atoms. The molecule has 10 heteroatoms. The summed E-state index contributed by atoms with van der Waals surface area (Å²) >= 11 is 1.27. The fourth-order valence-corrected chi connectivity index (χ4v) is 3.04. The molecular formula is C18H22N4O5S. The molecule has 2 aromatic rings. The summed E-state index contributed by atoms with van der Waals surface area (Å²) in [6, 6.07) is 4.30. The molecule has 0 aliphatic rings. The van der Waals surface area contributed by atoms with Gasteiger partial charge in [0.05, 0.1) is 4.92 Å². The van der Waals surface area contributed by atoms with Gasteiger partial charge in [-0.25, -0.2) is 4.98 Å². The molecule has 0 aliphatic carbocycles. The van der Waals surface area contributed by atoms with Gasteiger partial charge >= 0.3 is 0 Å². The number of rotatable bonds is 10. The maximum atomic E-state index is 12.9. The molecule has 150 valence electrons. The predicted molar refractivity (Wildman–Crippen MR) is 106 cm³/mol. The van der Waals surface area contributed by atoms with Gasteiger partial charge in [0.15, 0.2) is 5.13 Å². The molecule has 2 rings (SSSR count). The van der Waals surface area contributed by atoms with Gasteiger partial charge in [-0.3, -0.25) is 19.7 Å². The van der Waals surface area contributed by atoms with E-state index in [-0.39, 0.29) is 30.2 Å². The third kappa shape index (κ3) is 6.10. The molecule has 2 amide bonds. The maximum absolute atomic E-state index is 12.9. The van der Waals surface area contributed by atoms with E-state index in [0.29, 0.717) is 30.3 Å². The molecule has 0 atom stereocenters. The van der Waals surface area contributed by atoms with Crippen LogP contribution in [0.1, 0.15) is 29.3 Å². The van der Waals surface area contributed by atoms with Crippen molar-refractivity contribution >= 4 is 34.0 Å². The zero-order valence-corrected chi connectivity index (χ0v) is 16.5. The molecule has 0 bridgehead atoms. The number of thiazole rings is 1. The second kappa shape index (κ2) is 10.5. The van der Waals surface area contributed by atoms with Crippen molar-refractivity contribution in [2.45, 2.75) is 20.3 Å². The van der Waals surface area contributed by atoms with Gasteiger partial charge in [0, 0.05) is 48.5 Å². The lowest BCUT2D eigenvalue weighted by atomic mass is 10.1. The predicted octanol–water partition coefficient (Wildman–Crippen LogP) is 2.87. The van der Waals surface area contributed by atoms with Gasteiger partial charge in [-0.1, -0.05) is 6.07 Å². The minimum absolute atomic E-state index is 0.132. The highest BCUT2D eigenvalue weighted by molar-refractivity contribution is 7.13. The van der Waals surface area contributed by atoms with Crippen molar-refractivity contribution in [2.24, 2.45) is 0 Å². The Hall–Kier alpha value is -2.85. The van der Waals surface area contributed by atoms with E-state index >= 15 is 0 Å². The monoisotopic (exact) mass is 406 g/mol. The van der Waals surface area contributed by atoms with Crippen molar-refractivity contribution in [1.29, 1.82) is 0 Å². The number of carbonyl (C=O) groups excluding carboxylic acids is 2. The molecular weight excluding hydrogens is 384 g/mol. The molecule has 0 radical (unpaired) electrons. The van der Waals surface area contributed by atoms with Crippen LogP contribution in [0.15, 0.2) is 29.8 Å². The number of nitrogens with zero attached hydrogens (tertiary/aromatic N) is 3. The first-order valence-electron chi connectivity index (χ1n) is 8.73. The van der Waals surface area contributed by atoms with Crippen LogP contribution in [0.25, 0.3) is 0 Å². The molecule has 1 aromatic carbocycles. The Labute approximate surface area is 166 Å². The maximum Gasteiger partial charge on any atom is 0.273 e. The number of nitrogens with one attached hydrogen (secondary N) is 1. The Balaban J connectivity index is 2.14. The van der Waals surface area contributed by atoms with Crippen molar-refractivity contribution in [2.75, 3.05) is 31.6 Å². The summed E-state index contributed by atoms with van der Waals surface area (Å²) in [5, 5.41) is 16.0. The smallest absolute Gasteiger partial charge is 0.273 e. The van der Waals surface area contributed by atoms with E-state index in [1.54, 1.807) is 18.5 Å². The lowest BCUT2D eigenvalue weighted by Crippen LogP contribution is -2.39. The fourth-order valence-electron chi connectivity index (χ4n) is 2.49. The fraction of sp³-hybridized carbons (Fsp3) is 0.389. The summed E-state index contributed by atoms with van der Waals surface area (Å²) in [5.41, 5.74) is 0.495. The highest BCUT2D eigenvalue weighted by Gasteiger charge is 2.22. The Morgan fingerprint density at radius 2 is 2.18 bits per heavy atom. The number of carbonyl (C=O) groups is 2. The van der Waals surface area contributed by atoms with E-state index < -0.39 is 10.8 Å². The lowest BCUT2D eigenvalue weighted by molar-refractivity contribution is -0.385. The lowest BCUT2D eigenvalue weighted by Gasteiger charge is -2.22. The number of nitro groups is 1. The number of hydrogen-bond donors (Lipinski definition) is 1. The molecule has 1 aromatic heterocycles. The van der Waals surface area contributed by atoms with Crippen LogP contribution >= 0.6 is 11.3 Å². The standard InChI is InChI=1S/C18H22N4O5S/c1-3-27-9-4-8-21(12-16(23)20-18-19-7-10-28-18)17(24)14-6-5-13(2)15(11-14)22(25)26/h5-7,10-11H,3-4,8-9,12H2,1-2H3,(H,19,20,23). The van der Waals surface area contributed by atoms with E-state index in [0.717, 1.165) is 0 Å². The summed E-state index contributed by atoms with van der Waals surface area (Å²) in [6.07, 6.45) is 2.11. The summed E-state index contributed by atoms with van der Waals surface area (Å²) in [6.45, 7) is 4.58. The van der Waals surface area contributed by atoms with E-state index in [2.05, 4.69) is 10.3 Å². The number of nitro benzene ring substituents is 1. The molecule has 0 saturated heterocycles. The van der Waals surface area contributed by atoms with Gasteiger partial charge in [-0.2, -0.15) is 0 Å². The van der Waals surface area contributed by atoms with Crippen molar-refractivity contribution in [3.8, 4) is 0 Å². The zero-order chi connectivity index (χ0) is 20.5. The first-order valence-corrected chi connectivity index (χ1v) is 9.61. The topological polar surface area (TPSA) is 115 Å². The van der Waals surface area contributed by atoms with Gasteiger partial charge in [-0.15, -0.1) is 11.3 Å². The van der Waals surface area contributed by atoms with Crippen LogP contribution in [0.5, 0.6) is 0 Å². The summed E-state index contributed by atoms with van der Waals surface area (Å²) in [7, 11) is 0. The number of amides is 2. The van der Waals surface area contributed by atoms with Crippen molar-refractivity contribution in [3.63, 3.8) is 0 Å². The van der Waals surface area contributed by atoms with Gasteiger partial charge in [0.2, 0.25) is 5.91 Å². The molecule has 1 heterocycles. The number of benzene rings is 1. The second-order valence-corrected chi connectivity index (χ2v) is 6.82. The highest BCUT2D eigenvalue weighted by atomic mass is 32.1. The van der Waals surface area contributed by atoms with Crippen LogP contribution in [-0.2, 0) is 9.53 Å². The normalized spacial score (nSPS) is 10.5. The van der Waals surface area contributed by atoms with Crippen LogP contribution in [0.4, 0.5) is 10.8 Å². The van der Waals surface area contributed by atoms with E-state index in [1.165, 1.54) is 34.4 Å². The molecule has 9 nitrogen and oxygen atoms in total. The third-order valence-electron chi connectivity index (χ3n) is 3.87. The third-order valence-corrected chi connectivity index (χ3v) is 4.56. The second-order valence-electron chi connectivity index (χ2n) is 5.92.